The van der Waals surface area contributed by atoms with E-state index in [-0.39, 0.29) is 23.5 Å². The van der Waals surface area contributed by atoms with E-state index in [9.17, 15) is 9.59 Å². The summed E-state index contributed by atoms with van der Waals surface area (Å²) in [7, 11) is 0. The summed E-state index contributed by atoms with van der Waals surface area (Å²) in [5.41, 5.74) is 2.42. The van der Waals surface area contributed by atoms with Gasteiger partial charge in [-0.1, -0.05) is 23.9 Å². The summed E-state index contributed by atoms with van der Waals surface area (Å²) in [6.45, 7) is 7.12. The summed E-state index contributed by atoms with van der Waals surface area (Å²) in [6, 6.07) is 8.13. The minimum absolute atomic E-state index is 0.146. The highest BCUT2D eigenvalue weighted by Crippen LogP contribution is 2.26. The van der Waals surface area contributed by atoms with E-state index in [0.717, 1.165) is 22.2 Å². The number of rotatable bonds is 7. The van der Waals surface area contributed by atoms with Gasteiger partial charge in [0, 0.05) is 18.8 Å². The number of oxazole rings is 1. The fourth-order valence-corrected chi connectivity index (χ4v) is 4.69. The molecule has 2 aromatic heterocycles. The lowest BCUT2D eigenvalue weighted by atomic mass is 9.97. The number of nitrogens with zero attached hydrogens (tertiary/aromatic N) is 5. The molecular formula is C23H27N5O4S. The van der Waals surface area contributed by atoms with Gasteiger partial charge in [-0.05, 0) is 51.3 Å². The molecule has 10 heteroatoms. The summed E-state index contributed by atoms with van der Waals surface area (Å²) in [4.78, 5) is 30.8. The molecule has 1 amide bonds. The van der Waals surface area contributed by atoms with Crippen molar-refractivity contribution in [1.82, 2.24) is 24.6 Å². The standard InChI is InChI=1S/C23H27N5O4S/c1-4-31-22(30)17-8-10-27(11-9-17)21(29)19-13-32-20(24-19)14-33-23-26-25-16(3)28(23)18-7-5-6-15(2)12-18/h5-7,12-13,17H,4,8-11,14H2,1-3H3. The van der Waals surface area contributed by atoms with E-state index in [4.69, 9.17) is 9.15 Å². The quantitative estimate of drug-likeness (QED) is 0.382. The second-order valence-electron chi connectivity index (χ2n) is 7.94. The van der Waals surface area contributed by atoms with Crippen LogP contribution < -0.4 is 0 Å². The number of aryl methyl sites for hydroxylation is 2. The molecule has 0 bridgehead atoms. The molecule has 0 spiro atoms. The van der Waals surface area contributed by atoms with Crippen LogP contribution in [0.2, 0.25) is 0 Å². The average Bonchev–Trinajstić information content (AvgIpc) is 3.44. The number of hydrogen-bond donors (Lipinski definition) is 0. The summed E-state index contributed by atoms with van der Waals surface area (Å²) in [6.07, 6.45) is 2.59. The molecule has 0 N–H and O–H groups in total. The first-order chi connectivity index (χ1) is 16.0. The number of aromatic nitrogens is 4. The van der Waals surface area contributed by atoms with Gasteiger partial charge in [-0.3, -0.25) is 14.2 Å². The number of likely N-dealkylation sites (tertiary alicyclic amines) is 1. The molecule has 9 nitrogen and oxygen atoms in total. The molecule has 1 aliphatic rings. The molecule has 1 saturated heterocycles. The monoisotopic (exact) mass is 469 g/mol. The van der Waals surface area contributed by atoms with Crippen molar-refractivity contribution in [1.29, 1.82) is 0 Å². The Labute approximate surface area is 196 Å². The number of carbonyl (C=O) groups is 2. The molecular weight excluding hydrogens is 442 g/mol. The lowest BCUT2D eigenvalue weighted by Gasteiger charge is -2.30. The van der Waals surface area contributed by atoms with Crippen LogP contribution in [0.4, 0.5) is 0 Å². The first kappa shape index (κ1) is 23.0. The van der Waals surface area contributed by atoms with Crippen molar-refractivity contribution in [2.45, 2.75) is 44.5 Å². The Morgan fingerprint density at radius 3 is 2.73 bits per heavy atom. The van der Waals surface area contributed by atoms with E-state index in [0.29, 0.717) is 44.2 Å². The number of amides is 1. The second kappa shape index (κ2) is 10.2. The second-order valence-corrected chi connectivity index (χ2v) is 8.88. The van der Waals surface area contributed by atoms with Gasteiger partial charge < -0.3 is 14.1 Å². The minimum atomic E-state index is -0.184. The van der Waals surface area contributed by atoms with Crippen molar-refractivity contribution >= 4 is 23.6 Å². The molecule has 33 heavy (non-hydrogen) atoms. The SMILES string of the molecule is CCOC(=O)C1CCN(C(=O)c2coc(CSc3nnc(C)n3-c3cccc(C)c3)n2)CC1. The number of thioether (sulfide) groups is 1. The third-order valence-corrected chi connectivity index (χ3v) is 6.47. The Balaban J connectivity index is 1.37. The molecule has 0 aliphatic carbocycles. The lowest BCUT2D eigenvalue weighted by Crippen LogP contribution is -2.40. The number of esters is 1. The van der Waals surface area contributed by atoms with E-state index in [1.54, 1.807) is 11.8 Å². The summed E-state index contributed by atoms with van der Waals surface area (Å²) >= 11 is 1.45. The van der Waals surface area contributed by atoms with Crippen LogP contribution in [0, 0.1) is 19.8 Å². The fourth-order valence-electron chi connectivity index (χ4n) is 3.84. The zero-order valence-corrected chi connectivity index (χ0v) is 19.8. The van der Waals surface area contributed by atoms with Crippen LogP contribution in [-0.2, 0) is 15.3 Å². The number of benzene rings is 1. The van der Waals surface area contributed by atoms with Crippen molar-refractivity contribution in [2.75, 3.05) is 19.7 Å². The van der Waals surface area contributed by atoms with Crippen LogP contribution in [0.15, 0.2) is 40.1 Å². The highest BCUT2D eigenvalue weighted by atomic mass is 32.2. The van der Waals surface area contributed by atoms with E-state index < -0.39 is 0 Å². The normalized spacial score (nSPS) is 14.5. The molecule has 3 aromatic rings. The number of ether oxygens (including phenoxy) is 1. The van der Waals surface area contributed by atoms with E-state index in [2.05, 4.69) is 21.2 Å². The molecule has 1 fully saturated rings. The maximum absolute atomic E-state index is 12.8. The van der Waals surface area contributed by atoms with Gasteiger partial charge in [-0.15, -0.1) is 10.2 Å². The molecule has 3 heterocycles. The van der Waals surface area contributed by atoms with Crippen molar-refractivity contribution < 1.29 is 18.7 Å². The Hall–Kier alpha value is -3.14. The highest BCUT2D eigenvalue weighted by molar-refractivity contribution is 7.98. The zero-order valence-electron chi connectivity index (χ0n) is 19.0. The zero-order chi connectivity index (χ0) is 23.4. The number of hydrogen-bond acceptors (Lipinski definition) is 8. The van der Waals surface area contributed by atoms with Crippen molar-refractivity contribution in [3.05, 3.63) is 53.5 Å². The summed E-state index contributed by atoms with van der Waals surface area (Å²) in [5, 5.41) is 9.21. The Bertz CT molecular complexity index is 1130. The predicted molar refractivity (Wildman–Crippen MR) is 122 cm³/mol. The van der Waals surface area contributed by atoms with Crippen LogP contribution in [0.25, 0.3) is 5.69 Å². The van der Waals surface area contributed by atoms with Gasteiger partial charge in [0.05, 0.1) is 18.3 Å². The third kappa shape index (κ3) is 5.27. The average molecular weight is 470 g/mol. The van der Waals surface area contributed by atoms with Crippen molar-refractivity contribution in [3.8, 4) is 5.69 Å². The van der Waals surface area contributed by atoms with Crippen LogP contribution in [0.5, 0.6) is 0 Å². The van der Waals surface area contributed by atoms with Gasteiger partial charge in [0.2, 0.25) is 5.89 Å². The molecule has 0 unspecified atom stereocenters. The fraction of sp³-hybridized carbons (Fsp3) is 0.435. The molecule has 0 atom stereocenters. The largest absolute Gasteiger partial charge is 0.466 e. The molecule has 0 saturated carbocycles. The van der Waals surface area contributed by atoms with Crippen LogP contribution in [0.1, 0.15) is 47.5 Å². The Morgan fingerprint density at radius 2 is 2.00 bits per heavy atom. The third-order valence-electron chi connectivity index (χ3n) is 5.55. The van der Waals surface area contributed by atoms with Gasteiger partial charge in [0.1, 0.15) is 12.1 Å². The predicted octanol–water partition coefficient (Wildman–Crippen LogP) is 3.58. The van der Waals surface area contributed by atoms with Gasteiger partial charge in [0.15, 0.2) is 10.9 Å². The molecule has 0 radical (unpaired) electrons. The van der Waals surface area contributed by atoms with E-state index >= 15 is 0 Å². The van der Waals surface area contributed by atoms with Crippen LogP contribution in [-0.4, -0.2) is 56.2 Å². The van der Waals surface area contributed by atoms with Gasteiger partial charge in [0.25, 0.3) is 5.91 Å². The van der Waals surface area contributed by atoms with E-state index in [1.165, 1.54) is 18.0 Å². The molecule has 1 aliphatic heterocycles. The van der Waals surface area contributed by atoms with Gasteiger partial charge >= 0.3 is 5.97 Å². The van der Waals surface area contributed by atoms with Gasteiger partial charge in [-0.25, -0.2) is 4.98 Å². The minimum Gasteiger partial charge on any atom is -0.466 e. The molecule has 1 aromatic carbocycles. The van der Waals surface area contributed by atoms with Crippen LogP contribution in [0.3, 0.4) is 0 Å². The van der Waals surface area contributed by atoms with E-state index in [1.807, 2.05) is 36.6 Å². The van der Waals surface area contributed by atoms with Gasteiger partial charge in [-0.2, -0.15) is 0 Å². The van der Waals surface area contributed by atoms with Crippen LogP contribution >= 0.6 is 11.8 Å². The Morgan fingerprint density at radius 1 is 1.21 bits per heavy atom. The molecule has 4 rings (SSSR count). The first-order valence-electron chi connectivity index (χ1n) is 11.0. The molecule has 174 valence electrons. The number of carbonyl (C=O) groups excluding carboxylic acids is 2. The lowest BCUT2D eigenvalue weighted by molar-refractivity contribution is -0.149. The van der Waals surface area contributed by atoms with Crippen molar-refractivity contribution in [2.24, 2.45) is 5.92 Å². The highest BCUT2D eigenvalue weighted by Gasteiger charge is 2.29. The Kier molecular flexibility index (Phi) is 7.12. The van der Waals surface area contributed by atoms with Crippen molar-refractivity contribution in [3.63, 3.8) is 0 Å². The number of piperidine rings is 1. The topological polar surface area (TPSA) is 103 Å². The maximum atomic E-state index is 12.8. The summed E-state index contributed by atoms with van der Waals surface area (Å²) < 4.78 is 12.6. The first-order valence-corrected chi connectivity index (χ1v) is 12.0. The summed E-state index contributed by atoms with van der Waals surface area (Å²) in [5.74, 6) is 1.14. The maximum Gasteiger partial charge on any atom is 0.309 e. The smallest absolute Gasteiger partial charge is 0.309 e.